The highest BCUT2D eigenvalue weighted by Gasteiger charge is 2.28. The summed E-state index contributed by atoms with van der Waals surface area (Å²) in [7, 11) is 0. The predicted octanol–water partition coefficient (Wildman–Crippen LogP) is 12.2. The van der Waals surface area contributed by atoms with E-state index >= 15 is 0 Å². The Morgan fingerprint density at radius 2 is 1.00 bits per heavy atom. The molecule has 0 saturated heterocycles. The molecule has 39 heavy (non-hydrogen) atoms. The van der Waals surface area contributed by atoms with Crippen molar-refractivity contribution in [3.63, 3.8) is 0 Å². The number of fused-ring (bicyclic) bond motifs is 1. The normalized spacial score (nSPS) is 11.5. The van der Waals surface area contributed by atoms with Crippen molar-refractivity contribution in [3.8, 4) is 32.4 Å². The summed E-state index contributed by atoms with van der Waals surface area (Å²) >= 11 is 12.0. The van der Waals surface area contributed by atoms with Gasteiger partial charge >= 0.3 is 0 Å². The van der Waals surface area contributed by atoms with Crippen LogP contribution in [0.1, 0.15) is 90.9 Å². The van der Waals surface area contributed by atoms with Crippen molar-refractivity contribution in [2.24, 2.45) is 0 Å². The monoisotopic (exact) mass is 712 g/mol. The van der Waals surface area contributed by atoms with Gasteiger partial charge in [0.15, 0.2) is 11.5 Å². The van der Waals surface area contributed by atoms with Gasteiger partial charge < -0.3 is 9.47 Å². The molecule has 4 nitrogen and oxygen atoms in total. The summed E-state index contributed by atoms with van der Waals surface area (Å²) in [5.41, 5.74) is 3.77. The molecule has 0 aliphatic carbocycles. The molecule has 3 heterocycles. The fourth-order valence-corrected chi connectivity index (χ4v) is 8.12. The molecule has 4 rings (SSSR count). The SMILES string of the molecule is CCCCCCCCOc1c(OCCCCCCCC)c(-c2ccc(Br)s2)c2nsnc2c1-c1ccc(Br)s1. The minimum Gasteiger partial charge on any atom is -0.489 e. The number of benzene rings is 1. The Morgan fingerprint density at radius 1 is 0.590 bits per heavy atom. The van der Waals surface area contributed by atoms with E-state index in [1.165, 1.54) is 75.9 Å². The number of rotatable bonds is 18. The molecule has 3 aromatic heterocycles. The largest absolute Gasteiger partial charge is 0.489 e. The minimum atomic E-state index is 0.662. The fraction of sp³-hybridized carbons (Fsp3) is 0.533. The van der Waals surface area contributed by atoms with Gasteiger partial charge in [-0.05, 0) is 69.0 Å². The lowest BCUT2D eigenvalue weighted by Crippen LogP contribution is -2.06. The maximum atomic E-state index is 6.69. The van der Waals surface area contributed by atoms with E-state index in [-0.39, 0.29) is 0 Å². The Bertz CT molecular complexity index is 1200. The first-order valence-electron chi connectivity index (χ1n) is 14.2. The molecule has 212 valence electrons. The minimum absolute atomic E-state index is 0.662. The Morgan fingerprint density at radius 3 is 1.38 bits per heavy atom. The van der Waals surface area contributed by atoms with Crippen molar-refractivity contribution in [1.29, 1.82) is 0 Å². The van der Waals surface area contributed by atoms with Gasteiger partial charge in [0.05, 0.1) is 43.6 Å². The number of ether oxygens (including phenoxy) is 2. The maximum Gasteiger partial charge on any atom is 0.172 e. The molecule has 0 atom stereocenters. The van der Waals surface area contributed by atoms with E-state index in [1.54, 1.807) is 22.7 Å². The summed E-state index contributed by atoms with van der Waals surface area (Å²) in [5, 5.41) is 0. The lowest BCUT2D eigenvalue weighted by atomic mass is 10.0. The van der Waals surface area contributed by atoms with Gasteiger partial charge in [-0.2, -0.15) is 8.75 Å². The summed E-state index contributed by atoms with van der Waals surface area (Å²) in [4.78, 5) is 2.22. The summed E-state index contributed by atoms with van der Waals surface area (Å²) < 4.78 is 25.1. The third kappa shape index (κ3) is 8.51. The molecule has 0 aliphatic heterocycles. The van der Waals surface area contributed by atoms with Gasteiger partial charge in [0.2, 0.25) is 0 Å². The van der Waals surface area contributed by atoms with E-state index in [4.69, 9.17) is 18.2 Å². The molecule has 0 bridgehead atoms. The van der Waals surface area contributed by atoms with Crippen LogP contribution in [0.2, 0.25) is 0 Å². The lowest BCUT2D eigenvalue weighted by Gasteiger charge is -2.20. The van der Waals surface area contributed by atoms with Gasteiger partial charge in [-0.25, -0.2) is 0 Å². The molecule has 0 amide bonds. The van der Waals surface area contributed by atoms with Crippen LogP contribution >= 0.6 is 66.3 Å². The van der Waals surface area contributed by atoms with E-state index < -0.39 is 0 Å². The summed E-state index contributed by atoms with van der Waals surface area (Å²) in [6, 6.07) is 8.45. The average molecular weight is 715 g/mol. The molecular formula is C30H38Br2N2O2S3. The van der Waals surface area contributed by atoms with E-state index in [2.05, 4.69) is 70.0 Å². The summed E-state index contributed by atoms with van der Waals surface area (Å²) in [6.45, 7) is 5.84. The van der Waals surface area contributed by atoms with Crippen molar-refractivity contribution in [3.05, 3.63) is 31.8 Å². The number of aromatic nitrogens is 2. The van der Waals surface area contributed by atoms with Gasteiger partial charge in [-0.3, -0.25) is 0 Å². The van der Waals surface area contributed by atoms with Crippen LogP contribution in [-0.2, 0) is 0 Å². The second kappa shape index (κ2) is 16.4. The van der Waals surface area contributed by atoms with E-state index in [0.717, 1.165) is 63.8 Å². The first-order valence-corrected chi connectivity index (χ1v) is 18.2. The van der Waals surface area contributed by atoms with Gasteiger partial charge in [0.1, 0.15) is 11.0 Å². The van der Waals surface area contributed by atoms with E-state index in [1.807, 2.05) is 0 Å². The highest BCUT2D eigenvalue weighted by atomic mass is 79.9. The Hall–Kier alpha value is -1.000. The van der Waals surface area contributed by atoms with Crippen LogP contribution in [-0.4, -0.2) is 22.0 Å². The zero-order chi connectivity index (χ0) is 27.5. The Labute approximate surface area is 262 Å². The highest BCUT2D eigenvalue weighted by Crippen LogP contribution is 2.53. The first-order chi connectivity index (χ1) is 19.1. The van der Waals surface area contributed by atoms with Crippen LogP contribution in [0.3, 0.4) is 0 Å². The Kier molecular flexibility index (Phi) is 13.0. The van der Waals surface area contributed by atoms with Crippen LogP contribution in [0.5, 0.6) is 11.5 Å². The lowest BCUT2D eigenvalue weighted by molar-refractivity contribution is 0.260. The van der Waals surface area contributed by atoms with Crippen molar-refractivity contribution in [2.45, 2.75) is 90.9 Å². The van der Waals surface area contributed by atoms with Crippen molar-refractivity contribution < 1.29 is 9.47 Å². The van der Waals surface area contributed by atoms with Crippen molar-refractivity contribution in [2.75, 3.05) is 13.2 Å². The van der Waals surface area contributed by atoms with Crippen LogP contribution in [0, 0.1) is 0 Å². The predicted molar refractivity (Wildman–Crippen MR) is 177 cm³/mol. The highest BCUT2D eigenvalue weighted by molar-refractivity contribution is 9.11. The average Bonchev–Trinajstić information content (AvgIpc) is 3.69. The van der Waals surface area contributed by atoms with Gasteiger partial charge in [0, 0.05) is 9.75 Å². The van der Waals surface area contributed by atoms with E-state index in [9.17, 15) is 0 Å². The number of unbranched alkanes of at least 4 members (excludes halogenated alkanes) is 10. The quantitative estimate of drug-likeness (QED) is 0.0963. The van der Waals surface area contributed by atoms with Gasteiger partial charge in [-0.1, -0.05) is 78.1 Å². The van der Waals surface area contributed by atoms with Gasteiger partial charge in [0.25, 0.3) is 0 Å². The zero-order valence-electron chi connectivity index (χ0n) is 22.9. The second-order valence-electron chi connectivity index (χ2n) is 9.81. The smallest absolute Gasteiger partial charge is 0.172 e. The molecule has 9 heteroatoms. The standard InChI is InChI=1S/C30H38Br2N2O2S3/c1-3-5-7-9-11-13-19-35-29-25(21-15-17-23(31)37-21)27-28(34-39-33-27)26(22-16-18-24(32)38-22)30(29)36-20-14-12-10-8-6-4-2/h15-18H,3-14,19-20H2,1-2H3. The van der Waals surface area contributed by atoms with Gasteiger partial charge in [-0.15, -0.1) is 22.7 Å². The van der Waals surface area contributed by atoms with Crippen molar-refractivity contribution in [1.82, 2.24) is 8.75 Å². The topological polar surface area (TPSA) is 44.2 Å². The summed E-state index contributed by atoms with van der Waals surface area (Å²) in [6.07, 6.45) is 14.7. The molecule has 0 saturated carbocycles. The number of nitrogens with zero attached hydrogens (tertiary/aromatic N) is 2. The Balaban J connectivity index is 1.70. The number of hydrogen-bond acceptors (Lipinski definition) is 7. The molecule has 0 unspecified atom stereocenters. The van der Waals surface area contributed by atoms with Crippen LogP contribution < -0.4 is 9.47 Å². The fourth-order valence-electron chi connectivity index (χ4n) is 4.70. The zero-order valence-corrected chi connectivity index (χ0v) is 28.5. The van der Waals surface area contributed by atoms with E-state index in [0.29, 0.717) is 13.2 Å². The third-order valence-electron chi connectivity index (χ3n) is 6.75. The third-order valence-corrected chi connectivity index (χ3v) is 10.6. The number of halogens is 2. The number of hydrogen-bond donors (Lipinski definition) is 0. The van der Waals surface area contributed by atoms with Crippen molar-refractivity contribution >= 4 is 77.3 Å². The molecule has 0 spiro atoms. The molecular weight excluding hydrogens is 676 g/mol. The maximum absolute atomic E-state index is 6.69. The molecule has 0 aliphatic rings. The summed E-state index contributed by atoms with van der Waals surface area (Å²) in [5.74, 6) is 1.62. The molecule has 4 aromatic rings. The van der Waals surface area contributed by atoms with Crippen LogP contribution in [0.15, 0.2) is 31.8 Å². The molecule has 1 aromatic carbocycles. The van der Waals surface area contributed by atoms with Crippen LogP contribution in [0.25, 0.3) is 31.9 Å². The molecule has 0 N–H and O–H groups in total. The van der Waals surface area contributed by atoms with Crippen LogP contribution in [0.4, 0.5) is 0 Å². The first kappa shape index (κ1) is 30.9. The molecule has 0 fully saturated rings. The second-order valence-corrected chi connectivity index (χ2v) is 15.3. The molecule has 0 radical (unpaired) electrons. The number of thiophene rings is 2.